The van der Waals surface area contributed by atoms with Gasteiger partial charge < -0.3 is 9.47 Å². The van der Waals surface area contributed by atoms with Crippen molar-refractivity contribution < 1.29 is 0 Å². The number of aromatic nitrogens is 1. The van der Waals surface area contributed by atoms with E-state index in [0.29, 0.717) is 0 Å². The highest BCUT2D eigenvalue weighted by atomic mass is 15.1. The fraction of sp³-hybridized carbons (Fsp3) is 0. The Hall–Kier alpha value is -9.24. The Bertz CT molecular complexity index is 4010. The van der Waals surface area contributed by atoms with Crippen LogP contribution in [0, 0.1) is 0 Å². The zero-order chi connectivity index (χ0) is 46.4. The molecule has 0 saturated heterocycles. The molecule has 0 aliphatic rings. The zero-order valence-corrected chi connectivity index (χ0v) is 38.5. The Balaban J connectivity index is 0.935. The predicted molar refractivity (Wildman–Crippen MR) is 298 cm³/mol. The van der Waals surface area contributed by atoms with Gasteiger partial charge in [0.05, 0.1) is 11.0 Å². The smallest absolute Gasteiger partial charge is 0.0547 e. The maximum atomic E-state index is 2.42. The van der Waals surface area contributed by atoms with Gasteiger partial charge in [0, 0.05) is 33.5 Å². The molecule has 0 atom stereocenters. The van der Waals surface area contributed by atoms with Gasteiger partial charge in [0.1, 0.15) is 0 Å². The van der Waals surface area contributed by atoms with E-state index in [9.17, 15) is 0 Å². The van der Waals surface area contributed by atoms with Gasteiger partial charge in [-0.05, 0) is 138 Å². The first-order valence-corrected chi connectivity index (χ1v) is 24.1. The monoisotopic (exact) mass is 890 g/mol. The van der Waals surface area contributed by atoms with E-state index in [2.05, 4.69) is 289 Å². The normalized spacial score (nSPS) is 11.4. The number of nitrogens with zero attached hydrogens (tertiary/aromatic N) is 2. The Kier molecular flexibility index (Phi) is 10.2. The van der Waals surface area contributed by atoms with Gasteiger partial charge in [-0.25, -0.2) is 0 Å². The van der Waals surface area contributed by atoms with Gasteiger partial charge in [-0.2, -0.15) is 0 Å². The van der Waals surface area contributed by atoms with Crippen molar-refractivity contribution in [2.75, 3.05) is 4.90 Å². The summed E-state index contributed by atoms with van der Waals surface area (Å²) in [6.07, 6.45) is 0. The van der Waals surface area contributed by atoms with Crippen LogP contribution in [-0.4, -0.2) is 4.57 Å². The van der Waals surface area contributed by atoms with Crippen LogP contribution in [-0.2, 0) is 0 Å². The van der Waals surface area contributed by atoms with Crippen LogP contribution in [0.2, 0.25) is 0 Å². The minimum atomic E-state index is 1.08. The maximum absolute atomic E-state index is 2.42. The summed E-state index contributed by atoms with van der Waals surface area (Å²) in [5.74, 6) is 0. The number of anilines is 3. The number of para-hydroxylation sites is 1. The van der Waals surface area contributed by atoms with Crippen molar-refractivity contribution in [1.82, 2.24) is 4.57 Å². The van der Waals surface area contributed by atoms with Gasteiger partial charge in [0.25, 0.3) is 0 Å². The number of hydrogen-bond donors (Lipinski definition) is 0. The summed E-state index contributed by atoms with van der Waals surface area (Å²) >= 11 is 0. The molecule has 0 fully saturated rings. The van der Waals surface area contributed by atoms with Gasteiger partial charge in [0.2, 0.25) is 0 Å². The van der Waals surface area contributed by atoms with Gasteiger partial charge in [0.15, 0.2) is 0 Å². The number of fused-ring (bicyclic) bond motifs is 6. The Morgan fingerprint density at radius 2 is 0.700 bits per heavy atom. The average Bonchev–Trinajstić information content (AvgIpc) is 3.79. The third kappa shape index (κ3) is 7.22. The second-order valence-electron chi connectivity index (χ2n) is 18.0. The molecule has 0 saturated carbocycles. The molecule has 0 radical (unpaired) electrons. The SMILES string of the molecule is c1ccc(-c2ccccc2-c2ccc(N(c3ccc(-c4ccc(-c5cccc6ccccc56)cc4)cc3)c3cccc(-c4cccc5c4c4c6ccccc6ccc4n5-c4ccccc4)c3)cc2)cc1. The highest BCUT2D eigenvalue weighted by molar-refractivity contribution is 6.25. The van der Waals surface area contributed by atoms with Crippen molar-refractivity contribution in [2.24, 2.45) is 0 Å². The summed E-state index contributed by atoms with van der Waals surface area (Å²) in [5.41, 5.74) is 18.7. The summed E-state index contributed by atoms with van der Waals surface area (Å²) in [6.45, 7) is 0. The zero-order valence-electron chi connectivity index (χ0n) is 38.5. The van der Waals surface area contributed by atoms with Gasteiger partial charge in [-0.1, -0.05) is 218 Å². The van der Waals surface area contributed by atoms with E-state index in [-0.39, 0.29) is 0 Å². The van der Waals surface area contributed by atoms with Crippen molar-refractivity contribution in [2.45, 2.75) is 0 Å². The molecule has 328 valence electrons. The van der Waals surface area contributed by atoms with Crippen molar-refractivity contribution >= 4 is 60.4 Å². The minimum Gasteiger partial charge on any atom is -0.310 e. The predicted octanol–water partition coefficient (Wildman–Crippen LogP) is 18.9. The first-order chi connectivity index (χ1) is 34.7. The largest absolute Gasteiger partial charge is 0.310 e. The van der Waals surface area contributed by atoms with Crippen LogP contribution in [0.5, 0.6) is 0 Å². The van der Waals surface area contributed by atoms with Crippen LogP contribution in [0.1, 0.15) is 0 Å². The fourth-order valence-corrected chi connectivity index (χ4v) is 10.7. The molecular formula is C68H46N2. The molecule has 0 aliphatic carbocycles. The van der Waals surface area contributed by atoms with Crippen LogP contribution in [0.15, 0.2) is 279 Å². The molecule has 70 heavy (non-hydrogen) atoms. The van der Waals surface area contributed by atoms with E-state index >= 15 is 0 Å². The standard InChI is InChI=1S/C68H46N2/c1-3-16-49(17-4-1)59-26-11-12-27-61(59)53-38-43-57(44-39-53)69(56-41-36-48(37-42-56)47-32-34-52(35-33-47)62-29-14-20-50-18-7-9-25-60(50)62)58-24-13-21-54(46-58)64-30-15-31-65-68(64)67-63-28-10-8-19-51(63)40-45-66(67)70(65)55-22-5-2-6-23-55/h1-46H. The summed E-state index contributed by atoms with van der Waals surface area (Å²) < 4.78 is 2.42. The number of hydrogen-bond acceptors (Lipinski definition) is 1. The molecule has 0 unspecified atom stereocenters. The van der Waals surface area contributed by atoms with Crippen molar-refractivity contribution in [3.05, 3.63) is 279 Å². The van der Waals surface area contributed by atoms with E-state index in [0.717, 1.165) is 28.3 Å². The summed E-state index contributed by atoms with van der Waals surface area (Å²) in [4.78, 5) is 2.40. The second-order valence-corrected chi connectivity index (χ2v) is 18.0. The maximum Gasteiger partial charge on any atom is 0.0547 e. The number of rotatable bonds is 9. The van der Waals surface area contributed by atoms with Crippen molar-refractivity contribution in [1.29, 1.82) is 0 Å². The first-order valence-electron chi connectivity index (χ1n) is 24.1. The molecule has 2 heteroatoms. The molecule has 0 N–H and O–H groups in total. The molecule has 0 amide bonds. The van der Waals surface area contributed by atoms with E-state index < -0.39 is 0 Å². The molecule has 13 rings (SSSR count). The van der Waals surface area contributed by atoms with Crippen LogP contribution >= 0.6 is 0 Å². The fourth-order valence-electron chi connectivity index (χ4n) is 10.7. The topological polar surface area (TPSA) is 8.17 Å². The first kappa shape index (κ1) is 41.0. The lowest BCUT2D eigenvalue weighted by atomic mass is 9.94. The minimum absolute atomic E-state index is 1.08. The third-order valence-electron chi connectivity index (χ3n) is 14.0. The van der Waals surface area contributed by atoms with Gasteiger partial charge in [-0.3, -0.25) is 0 Å². The van der Waals surface area contributed by atoms with E-state index in [1.54, 1.807) is 0 Å². The van der Waals surface area contributed by atoms with Gasteiger partial charge in [-0.15, -0.1) is 0 Å². The lowest BCUT2D eigenvalue weighted by molar-refractivity contribution is 1.18. The molecule has 13 aromatic rings. The molecule has 1 aromatic heterocycles. The van der Waals surface area contributed by atoms with Crippen molar-refractivity contribution in [3.8, 4) is 61.3 Å². The molecule has 12 aromatic carbocycles. The van der Waals surface area contributed by atoms with E-state index in [1.807, 2.05) is 0 Å². The lowest BCUT2D eigenvalue weighted by Gasteiger charge is -2.26. The molecular weight excluding hydrogens is 845 g/mol. The van der Waals surface area contributed by atoms with E-state index in [4.69, 9.17) is 0 Å². The second kappa shape index (κ2) is 17.4. The third-order valence-corrected chi connectivity index (χ3v) is 14.0. The van der Waals surface area contributed by atoms with Crippen LogP contribution < -0.4 is 4.90 Å². The summed E-state index contributed by atoms with van der Waals surface area (Å²) in [6, 6.07) is 102. The highest BCUT2D eigenvalue weighted by Gasteiger charge is 2.20. The Labute approximate surface area is 408 Å². The van der Waals surface area contributed by atoms with Crippen LogP contribution in [0.3, 0.4) is 0 Å². The van der Waals surface area contributed by atoms with Crippen LogP contribution in [0.25, 0.3) is 105 Å². The number of benzene rings is 12. The Morgan fingerprint density at radius 3 is 1.41 bits per heavy atom. The van der Waals surface area contributed by atoms with Gasteiger partial charge >= 0.3 is 0 Å². The van der Waals surface area contributed by atoms with E-state index in [1.165, 1.54) is 93.4 Å². The average molecular weight is 891 g/mol. The van der Waals surface area contributed by atoms with Crippen LogP contribution in [0.4, 0.5) is 17.1 Å². The summed E-state index contributed by atoms with van der Waals surface area (Å²) in [5, 5.41) is 7.52. The molecule has 2 nitrogen and oxygen atoms in total. The quantitative estimate of drug-likeness (QED) is 0.140. The molecule has 0 spiro atoms. The lowest BCUT2D eigenvalue weighted by Crippen LogP contribution is -2.10. The molecule has 1 heterocycles. The Morgan fingerprint density at radius 1 is 0.243 bits per heavy atom. The highest BCUT2D eigenvalue weighted by Crippen LogP contribution is 2.44. The van der Waals surface area contributed by atoms with Crippen molar-refractivity contribution in [3.63, 3.8) is 0 Å². The molecule has 0 aliphatic heterocycles. The summed E-state index contributed by atoms with van der Waals surface area (Å²) in [7, 11) is 0. The molecule has 0 bridgehead atoms.